The smallest absolute Gasteiger partial charge is 0.163 e. The van der Waals surface area contributed by atoms with Gasteiger partial charge in [0.25, 0.3) is 0 Å². The molecule has 1 rings (SSSR count). The van der Waals surface area contributed by atoms with Crippen LogP contribution in [0.15, 0.2) is 18.2 Å². The lowest BCUT2D eigenvalue weighted by molar-refractivity contribution is 0.125. The van der Waals surface area contributed by atoms with Gasteiger partial charge in [-0.05, 0) is 32.9 Å². The summed E-state index contributed by atoms with van der Waals surface area (Å²) >= 11 is 5.87. The second-order valence-corrected chi connectivity index (χ2v) is 4.45. The van der Waals surface area contributed by atoms with Crippen molar-refractivity contribution in [3.8, 4) is 11.5 Å². The number of hydrogen-bond acceptors (Lipinski definition) is 2. The van der Waals surface area contributed by atoms with Crippen LogP contribution in [0, 0.1) is 0 Å². The minimum absolute atomic E-state index is 0.252. The number of hydrogen-bond donors (Lipinski definition) is 0. The highest BCUT2D eigenvalue weighted by Gasteiger charge is 2.15. The van der Waals surface area contributed by atoms with E-state index in [2.05, 4.69) is 0 Å². The Morgan fingerprint density at radius 2 is 1.79 bits per heavy atom. The highest BCUT2D eigenvalue weighted by atomic mass is 35.5. The van der Waals surface area contributed by atoms with Crippen molar-refractivity contribution in [2.45, 2.75) is 26.4 Å². The zero-order valence-corrected chi connectivity index (χ0v) is 9.68. The summed E-state index contributed by atoms with van der Waals surface area (Å²) in [7, 11) is 1.61. The van der Waals surface area contributed by atoms with E-state index in [1.807, 2.05) is 20.8 Å². The van der Waals surface area contributed by atoms with Crippen LogP contribution in [-0.4, -0.2) is 12.7 Å². The van der Waals surface area contributed by atoms with E-state index in [-0.39, 0.29) is 5.60 Å². The van der Waals surface area contributed by atoms with Crippen molar-refractivity contribution in [3.05, 3.63) is 23.2 Å². The summed E-state index contributed by atoms with van der Waals surface area (Å²) in [6, 6.07) is 5.32. The predicted molar refractivity (Wildman–Crippen MR) is 58.4 cm³/mol. The largest absolute Gasteiger partial charge is 0.493 e. The first kappa shape index (κ1) is 11.2. The first-order valence-electron chi connectivity index (χ1n) is 4.45. The van der Waals surface area contributed by atoms with Gasteiger partial charge in [-0.3, -0.25) is 0 Å². The average Bonchev–Trinajstić information content (AvgIpc) is 2.01. The summed E-state index contributed by atoms with van der Waals surface area (Å²) in [4.78, 5) is 0. The van der Waals surface area contributed by atoms with Crippen LogP contribution in [0.4, 0.5) is 0 Å². The molecule has 0 aliphatic heterocycles. The molecule has 0 aromatic heterocycles. The topological polar surface area (TPSA) is 18.5 Å². The molecule has 0 aliphatic rings. The molecule has 0 aliphatic carbocycles. The van der Waals surface area contributed by atoms with E-state index in [4.69, 9.17) is 21.1 Å². The van der Waals surface area contributed by atoms with Crippen LogP contribution in [0.3, 0.4) is 0 Å². The van der Waals surface area contributed by atoms with Crippen molar-refractivity contribution >= 4 is 11.6 Å². The van der Waals surface area contributed by atoms with Gasteiger partial charge in [0.1, 0.15) is 5.60 Å². The van der Waals surface area contributed by atoms with Crippen molar-refractivity contribution in [1.29, 1.82) is 0 Å². The fourth-order valence-electron chi connectivity index (χ4n) is 1.06. The lowest BCUT2D eigenvalue weighted by Gasteiger charge is -2.22. The number of halogens is 1. The molecule has 0 heterocycles. The monoisotopic (exact) mass is 214 g/mol. The second-order valence-electron chi connectivity index (χ2n) is 4.01. The van der Waals surface area contributed by atoms with E-state index in [9.17, 15) is 0 Å². The Bertz CT molecular complexity index is 316. The number of methoxy groups -OCH3 is 1. The molecule has 0 unspecified atom stereocenters. The molecule has 0 bridgehead atoms. The van der Waals surface area contributed by atoms with Gasteiger partial charge in [-0.1, -0.05) is 11.6 Å². The Hall–Kier alpha value is -0.890. The van der Waals surface area contributed by atoms with E-state index >= 15 is 0 Å². The van der Waals surface area contributed by atoms with Crippen molar-refractivity contribution < 1.29 is 9.47 Å². The Morgan fingerprint density at radius 1 is 1.14 bits per heavy atom. The molecule has 3 heteroatoms. The van der Waals surface area contributed by atoms with Crippen LogP contribution in [0.2, 0.25) is 5.02 Å². The normalized spacial score (nSPS) is 11.2. The summed E-state index contributed by atoms with van der Waals surface area (Å²) in [6.45, 7) is 5.94. The molecule has 0 radical (unpaired) electrons. The fourth-order valence-corrected chi connectivity index (χ4v) is 1.22. The molecule has 0 saturated heterocycles. The standard InChI is InChI=1S/C11H15ClO2/c1-11(2,3)14-10-7-8(12)5-6-9(10)13-4/h5-7H,1-4H3. The van der Waals surface area contributed by atoms with Crippen LogP contribution in [0.1, 0.15) is 20.8 Å². The van der Waals surface area contributed by atoms with Gasteiger partial charge in [0.2, 0.25) is 0 Å². The Labute approximate surface area is 89.8 Å². The van der Waals surface area contributed by atoms with Gasteiger partial charge in [-0.15, -0.1) is 0 Å². The van der Waals surface area contributed by atoms with Gasteiger partial charge in [-0.2, -0.15) is 0 Å². The third-order valence-corrected chi connectivity index (χ3v) is 1.78. The van der Waals surface area contributed by atoms with Gasteiger partial charge in [0.15, 0.2) is 11.5 Å². The minimum Gasteiger partial charge on any atom is -0.493 e. The summed E-state index contributed by atoms with van der Waals surface area (Å²) in [5.74, 6) is 1.37. The van der Waals surface area contributed by atoms with E-state index in [1.54, 1.807) is 25.3 Å². The lowest BCUT2D eigenvalue weighted by Crippen LogP contribution is -2.23. The maximum atomic E-state index is 5.87. The number of benzene rings is 1. The highest BCUT2D eigenvalue weighted by Crippen LogP contribution is 2.32. The Morgan fingerprint density at radius 3 is 2.29 bits per heavy atom. The molecule has 0 saturated carbocycles. The predicted octanol–water partition coefficient (Wildman–Crippen LogP) is 3.53. The SMILES string of the molecule is COc1ccc(Cl)cc1OC(C)(C)C. The maximum Gasteiger partial charge on any atom is 0.163 e. The summed E-state index contributed by atoms with van der Waals surface area (Å²) < 4.78 is 10.9. The minimum atomic E-state index is -0.252. The van der Waals surface area contributed by atoms with Gasteiger partial charge in [0, 0.05) is 11.1 Å². The van der Waals surface area contributed by atoms with Crippen molar-refractivity contribution in [2.75, 3.05) is 7.11 Å². The molecule has 1 aromatic rings. The van der Waals surface area contributed by atoms with E-state index in [1.165, 1.54) is 0 Å². The van der Waals surface area contributed by atoms with Gasteiger partial charge < -0.3 is 9.47 Å². The fraction of sp³-hybridized carbons (Fsp3) is 0.455. The molecule has 14 heavy (non-hydrogen) atoms. The molecular weight excluding hydrogens is 200 g/mol. The van der Waals surface area contributed by atoms with Crippen LogP contribution in [0.25, 0.3) is 0 Å². The quantitative estimate of drug-likeness (QED) is 0.750. The van der Waals surface area contributed by atoms with E-state index in [0.29, 0.717) is 16.5 Å². The van der Waals surface area contributed by atoms with Crippen molar-refractivity contribution in [1.82, 2.24) is 0 Å². The number of ether oxygens (including phenoxy) is 2. The summed E-state index contributed by atoms with van der Waals surface area (Å²) in [5.41, 5.74) is -0.252. The highest BCUT2D eigenvalue weighted by molar-refractivity contribution is 6.30. The molecule has 2 nitrogen and oxygen atoms in total. The first-order chi connectivity index (χ1) is 6.42. The zero-order valence-electron chi connectivity index (χ0n) is 8.93. The first-order valence-corrected chi connectivity index (χ1v) is 4.83. The molecule has 0 atom stereocenters. The lowest BCUT2D eigenvalue weighted by atomic mass is 10.2. The van der Waals surface area contributed by atoms with Gasteiger partial charge in [-0.25, -0.2) is 0 Å². The van der Waals surface area contributed by atoms with Gasteiger partial charge in [0.05, 0.1) is 7.11 Å². The third kappa shape index (κ3) is 3.11. The Balaban J connectivity index is 2.99. The molecular formula is C11H15ClO2. The molecule has 1 aromatic carbocycles. The third-order valence-electron chi connectivity index (χ3n) is 1.54. The van der Waals surface area contributed by atoms with E-state index < -0.39 is 0 Å². The molecule has 78 valence electrons. The molecule has 0 spiro atoms. The molecule has 0 fully saturated rings. The zero-order chi connectivity index (χ0) is 10.8. The number of rotatable bonds is 2. The summed E-state index contributed by atoms with van der Waals surface area (Å²) in [6.07, 6.45) is 0. The second kappa shape index (κ2) is 4.09. The Kier molecular flexibility index (Phi) is 3.27. The van der Waals surface area contributed by atoms with Crippen LogP contribution < -0.4 is 9.47 Å². The van der Waals surface area contributed by atoms with Crippen molar-refractivity contribution in [2.24, 2.45) is 0 Å². The van der Waals surface area contributed by atoms with Crippen molar-refractivity contribution in [3.63, 3.8) is 0 Å². The maximum absolute atomic E-state index is 5.87. The molecule has 0 amide bonds. The van der Waals surface area contributed by atoms with Crippen LogP contribution >= 0.6 is 11.6 Å². The molecule has 0 N–H and O–H groups in total. The van der Waals surface area contributed by atoms with Gasteiger partial charge >= 0.3 is 0 Å². The van der Waals surface area contributed by atoms with E-state index in [0.717, 1.165) is 0 Å². The van der Waals surface area contributed by atoms with Crippen LogP contribution in [-0.2, 0) is 0 Å². The summed E-state index contributed by atoms with van der Waals surface area (Å²) in [5, 5.41) is 0.644. The average molecular weight is 215 g/mol. The van der Waals surface area contributed by atoms with Crippen LogP contribution in [0.5, 0.6) is 11.5 Å².